The highest BCUT2D eigenvalue weighted by atomic mass is 16.4. The Balaban J connectivity index is 2.49. The lowest BCUT2D eigenvalue weighted by atomic mass is 9.84. The molecule has 0 aliphatic heterocycles. The predicted octanol–water partition coefficient (Wildman–Crippen LogP) is -0.464. The van der Waals surface area contributed by atoms with E-state index in [-0.39, 0.29) is 5.92 Å². The number of rotatable bonds is 7. The maximum atomic E-state index is 11.9. The standard InChI is InChI=1S/C15H28N2O4/c1-9(2)12(15(20)21)17-14(19)13(18)11(16)8-10-6-4-3-5-7-10/h9-13,18H,3-8,16H2,1-2H3,(H,17,19)(H,20,21)/p-1. The van der Waals surface area contributed by atoms with E-state index in [1.807, 2.05) is 0 Å². The summed E-state index contributed by atoms with van der Waals surface area (Å²) >= 11 is 0. The predicted molar refractivity (Wildman–Crippen MR) is 76.9 cm³/mol. The molecule has 0 spiro atoms. The van der Waals surface area contributed by atoms with Gasteiger partial charge in [-0.3, -0.25) is 4.79 Å². The number of aliphatic hydroxyl groups is 1. The molecule has 0 aromatic carbocycles. The molecule has 4 N–H and O–H groups in total. The van der Waals surface area contributed by atoms with Gasteiger partial charge in [0.05, 0.1) is 12.0 Å². The van der Waals surface area contributed by atoms with Crippen molar-refractivity contribution in [1.82, 2.24) is 5.32 Å². The minimum Gasteiger partial charge on any atom is -0.548 e. The molecule has 1 aliphatic rings. The highest BCUT2D eigenvalue weighted by Gasteiger charge is 2.28. The molecule has 21 heavy (non-hydrogen) atoms. The van der Waals surface area contributed by atoms with Crippen molar-refractivity contribution in [2.75, 3.05) is 0 Å². The summed E-state index contributed by atoms with van der Waals surface area (Å²) < 4.78 is 0. The third-order valence-electron chi connectivity index (χ3n) is 4.22. The van der Waals surface area contributed by atoms with Gasteiger partial charge in [-0.15, -0.1) is 0 Å². The lowest BCUT2D eigenvalue weighted by Crippen LogP contribution is -2.56. The average Bonchev–Trinajstić information content (AvgIpc) is 2.43. The summed E-state index contributed by atoms with van der Waals surface area (Å²) in [5.41, 5.74) is 5.90. The van der Waals surface area contributed by atoms with Crippen molar-refractivity contribution in [3.63, 3.8) is 0 Å². The summed E-state index contributed by atoms with van der Waals surface area (Å²) in [6.45, 7) is 3.32. The lowest BCUT2D eigenvalue weighted by Gasteiger charge is -2.29. The normalized spacial score (nSPS) is 20.8. The number of nitrogens with one attached hydrogen (secondary N) is 1. The lowest BCUT2D eigenvalue weighted by molar-refractivity contribution is -0.309. The topological polar surface area (TPSA) is 115 Å². The van der Waals surface area contributed by atoms with Gasteiger partial charge in [0.2, 0.25) is 0 Å². The molecule has 0 radical (unpaired) electrons. The number of aliphatic hydroxyl groups excluding tert-OH is 1. The summed E-state index contributed by atoms with van der Waals surface area (Å²) in [4.78, 5) is 22.9. The van der Waals surface area contributed by atoms with Crippen LogP contribution in [0.3, 0.4) is 0 Å². The van der Waals surface area contributed by atoms with Crippen molar-refractivity contribution in [2.45, 2.75) is 70.6 Å². The molecule has 0 aromatic rings. The number of carboxylic acid groups (broad SMARTS) is 1. The van der Waals surface area contributed by atoms with E-state index in [2.05, 4.69) is 5.32 Å². The van der Waals surface area contributed by atoms with Crippen LogP contribution in [0.1, 0.15) is 52.4 Å². The van der Waals surface area contributed by atoms with Crippen LogP contribution in [0.5, 0.6) is 0 Å². The molecule has 1 fully saturated rings. The Kier molecular flexibility index (Phi) is 7.11. The van der Waals surface area contributed by atoms with Crippen LogP contribution in [-0.4, -0.2) is 35.2 Å². The number of hydrogen-bond acceptors (Lipinski definition) is 5. The summed E-state index contributed by atoms with van der Waals surface area (Å²) in [6.07, 6.45) is 4.93. The molecule has 1 saturated carbocycles. The van der Waals surface area contributed by atoms with Gasteiger partial charge in [-0.05, 0) is 18.3 Å². The Morgan fingerprint density at radius 2 is 1.86 bits per heavy atom. The number of aliphatic carboxylic acids is 1. The molecule has 0 bridgehead atoms. The minimum absolute atomic E-state index is 0.319. The van der Waals surface area contributed by atoms with Gasteiger partial charge >= 0.3 is 0 Å². The number of carbonyl (C=O) groups is 2. The smallest absolute Gasteiger partial charge is 0.250 e. The van der Waals surface area contributed by atoms with Crippen molar-refractivity contribution in [2.24, 2.45) is 17.6 Å². The van der Waals surface area contributed by atoms with Crippen LogP contribution in [0, 0.1) is 11.8 Å². The first-order chi connectivity index (χ1) is 9.82. The maximum absolute atomic E-state index is 11.9. The Morgan fingerprint density at radius 3 is 2.33 bits per heavy atom. The van der Waals surface area contributed by atoms with Crippen LogP contribution in [0.2, 0.25) is 0 Å². The first-order valence-corrected chi connectivity index (χ1v) is 7.77. The van der Waals surface area contributed by atoms with Crippen LogP contribution in [0.4, 0.5) is 0 Å². The molecule has 0 aromatic heterocycles. The molecule has 6 heteroatoms. The number of carboxylic acids is 1. The van der Waals surface area contributed by atoms with Crippen LogP contribution in [0.15, 0.2) is 0 Å². The first kappa shape index (κ1) is 17.9. The van der Waals surface area contributed by atoms with Gasteiger partial charge in [-0.1, -0.05) is 46.0 Å². The molecular weight excluding hydrogens is 272 g/mol. The zero-order valence-electron chi connectivity index (χ0n) is 12.9. The van der Waals surface area contributed by atoms with Gasteiger partial charge in [0.25, 0.3) is 5.91 Å². The minimum atomic E-state index is -1.38. The van der Waals surface area contributed by atoms with Crippen molar-refractivity contribution in [3.8, 4) is 0 Å². The van der Waals surface area contributed by atoms with E-state index in [0.29, 0.717) is 12.3 Å². The molecule has 122 valence electrons. The Bertz CT molecular complexity index is 354. The van der Waals surface area contributed by atoms with Gasteiger partial charge in [0, 0.05) is 6.04 Å². The molecule has 0 heterocycles. The van der Waals surface area contributed by atoms with E-state index < -0.39 is 30.1 Å². The van der Waals surface area contributed by atoms with Gasteiger partial charge in [-0.2, -0.15) is 0 Å². The molecular formula is C15H27N2O4-. The van der Waals surface area contributed by atoms with Gasteiger partial charge in [-0.25, -0.2) is 0 Å². The summed E-state index contributed by atoms with van der Waals surface area (Å²) in [5, 5.41) is 23.2. The molecule has 3 unspecified atom stereocenters. The molecule has 1 amide bonds. The fourth-order valence-electron chi connectivity index (χ4n) is 2.87. The third-order valence-corrected chi connectivity index (χ3v) is 4.22. The number of nitrogens with two attached hydrogens (primary N) is 1. The van der Waals surface area contributed by atoms with Gasteiger partial charge in [0.15, 0.2) is 0 Å². The third kappa shape index (κ3) is 5.63. The highest BCUT2D eigenvalue weighted by molar-refractivity contribution is 5.86. The van der Waals surface area contributed by atoms with E-state index >= 15 is 0 Å². The number of amides is 1. The summed E-state index contributed by atoms with van der Waals surface area (Å²) in [5.74, 6) is -1.97. The second-order valence-electron chi connectivity index (χ2n) is 6.40. The zero-order chi connectivity index (χ0) is 16.0. The van der Waals surface area contributed by atoms with Crippen molar-refractivity contribution < 1.29 is 19.8 Å². The Labute approximate surface area is 126 Å². The van der Waals surface area contributed by atoms with E-state index in [1.165, 1.54) is 19.3 Å². The molecule has 1 rings (SSSR count). The van der Waals surface area contributed by atoms with Crippen molar-refractivity contribution in [1.29, 1.82) is 0 Å². The largest absolute Gasteiger partial charge is 0.548 e. The fraction of sp³-hybridized carbons (Fsp3) is 0.867. The molecule has 6 nitrogen and oxygen atoms in total. The zero-order valence-corrected chi connectivity index (χ0v) is 12.9. The Hall–Kier alpha value is -1.14. The number of hydrogen-bond donors (Lipinski definition) is 3. The molecule has 3 atom stereocenters. The fourth-order valence-corrected chi connectivity index (χ4v) is 2.87. The average molecular weight is 299 g/mol. The van der Waals surface area contributed by atoms with Gasteiger partial charge in [0.1, 0.15) is 6.10 Å². The quantitative estimate of drug-likeness (QED) is 0.588. The second-order valence-corrected chi connectivity index (χ2v) is 6.40. The molecule has 0 saturated heterocycles. The van der Waals surface area contributed by atoms with Crippen LogP contribution >= 0.6 is 0 Å². The summed E-state index contributed by atoms with van der Waals surface area (Å²) in [7, 11) is 0. The SMILES string of the molecule is CC(C)C(NC(=O)C(O)C(N)CC1CCCCC1)C(=O)[O-]. The van der Waals surface area contributed by atoms with E-state index in [1.54, 1.807) is 13.8 Å². The van der Waals surface area contributed by atoms with Crippen molar-refractivity contribution in [3.05, 3.63) is 0 Å². The van der Waals surface area contributed by atoms with Crippen LogP contribution < -0.4 is 16.2 Å². The maximum Gasteiger partial charge on any atom is 0.250 e. The summed E-state index contributed by atoms with van der Waals surface area (Å²) in [6, 6.07) is -1.78. The van der Waals surface area contributed by atoms with Crippen LogP contribution in [0.25, 0.3) is 0 Å². The van der Waals surface area contributed by atoms with Gasteiger partial charge < -0.3 is 26.1 Å². The van der Waals surface area contributed by atoms with Crippen molar-refractivity contribution >= 4 is 11.9 Å². The Morgan fingerprint density at radius 1 is 1.29 bits per heavy atom. The van der Waals surface area contributed by atoms with Crippen LogP contribution in [-0.2, 0) is 9.59 Å². The monoisotopic (exact) mass is 299 g/mol. The van der Waals surface area contributed by atoms with E-state index in [4.69, 9.17) is 5.73 Å². The first-order valence-electron chi connectivity index (χ1n) is 7.77. The van der Waals surface area contributed by atoms with E-state index in [9.17, 15) is 19.8 Å². The highest BCUT2D eigenvalue weighted by Crippen LogP contribution is 2.27. The second kappa shape index (κ2) is 8.34. The van der Waals surface area contributed by atoms with E-state index in [0.717, 1.165) is 12.8 Å². The number of carbonyl (C=O) groups excluding carboxylic acids is 2. The molecule has 1 aliphatic carbocycles.